The Morgan fingerprint density at radius 1 is 1.33 bits per heavy atom. The topological polar surface area (TPSA) is 49.5 Å². The summed E-state index contributed by atoms with van der Waals surface area (Å²) >= 11 is 6.68. The second kappa shape index (κ2) is 7.66. The highest BCUT2D eigenvalue weighted by molar-refractivity contribution is 7.80. The predicted octanol–water partition coefficient (Wildman–Crippen LogP) is 2.94. The third-order valence-electron chi connectivity index (χ3n) is 3.42. The Labute approximate surface area is 135 Å². The summed E-state index contributed by atoms with van der Waals surface area (Å²) < 4.78 is 0. The lowest BCUT2D eigenvalue weighted by atomic mass is 10.1. The molecule has 3 nitrogen and oxygen atoms in total. The highest BCUT2D eigenvalue weighted by Gasteiger charge is 2.13. The number of benzene rings is 1. The Morgan fingerprint density at radius 3 is 2.57 bits per heavy atom. The molecule has 0 saturated carbocycles. The quantitative estimate of drug-likeness (QED) is 0.770. The monoisotopic (exact) mass is 320 g/mol. The molecule has 21 heavy (non-hydrogen) atoms. The molecule has 1 unspecified atom stereocenters. The number of aliphatic hydroxyl groups is 1. The molecule has 1 heterocycles. The largest absolute Gasteiger partial charge is 0.389 e. The van der Waals surface area contributed by atoms with Crippen LogP contribution in [0.2, 0.25) is 0 Å². The number of likely N-dealkylation sites (N-methyl/N-ethyl adjacent to an activating group) is 1. The van der Waals surface area contributed by atoms with Gasteiger partial charge in [-0.2, -0.15) is 0 Å². The van der Waals surface area contributed by atoms with Gasteiger partial charge < -0.3 is 10.8 Å². The molecule has 3 N–H and O–H groups in total. The first kappa shape index (κ1) is 16.1. The van der Waals surface area contributed by atoms with Crippen molar-refractivity contribution in [2.45, 2.75) is 19.6 Å². The van der Waals surface area contributed by atoms with Crippen molar-refractivity contribution >= 4 is 28.5 Å². The standard InChI is InChI=1S/C16H20N2OS2/c1-2-18(10-14-4-3-9-21-14)11-15(19)12-5-7-13(8-6-12)16(17)20/h3-9,15,19H,2,10-11H2,1H3,(H2,17,20). The minimum absolute atomic E-state index is 0.379. The van der Waals surface area contributed by atoms with Crippen LogP contribution in [-0.2, 0) is 6.54 Å². The Kier molecular flexibility index (Phi) is 5.87. The summed E-state index contributed by atoms with van der Waals surface area (Å²) in [5.41, 5.74) is 7.29. The number of aliphatic hydroxyl groups excluding tert-OH is 1. The summed E-state index contributed by atoms with van der Waals surface area (Å²) in [6.07, 6.45) is -0.509. The first-order valence-electron chi connectivity index (χ1n) is 6.92. The van der Waals surface area contributed by atoms with Crippen LogP contribution >= 0.6 is 23.6 Å². The van der Waals surface area contributed by atoms with Gasteiger partial charge >= 0.3 is 0 Å². The SMILES string of the molecule is CCN(Cc1cccs1)CC(O)c1ccc(C(N)=S)cc1. The zero-order chi connectivity index (χ0) is 15.2. The number of rotatable bonds is 7. The van der Waals surface area contributed by atoms with E-state index in [4.69, 9.17) is 18.0 Å². The number of thiocarbonyl (C=S) groups is 1. The van der Waals surface area contributed by atoms with Crippen LogP contribution in [0.4, 0.5) is 0 Å². The van der Waals surface area contributed by atoms with Gasteiger partial charge in [0.1, 0.15) is 4.99 Å². The molecule has 0 aliphatic rings. The second-order valence-corrected chi connectivity index (χ2v) is 6.38. The maximum Gasteiger partial charge on any atom is 0.103 e. The average Bonchev–Trinajstić information content (AvgIpc) is 2.99. The summed E-state index contributed by atoms with van der Waals surface area (Å²) in [6.45, 7) is 4.49. The van der Waals surface area contributed by atoms with Gasteiger partial charge in [0.05, 0.1) is 6.10 Å². The summed E-state index contributed by atoms with van der Waals surface area (Å²) in [6, 6.07) is 11.7. The van der Waals surface area contributed by atoms with Crippen molar-refractivity contribution in [1.29, 1.82) is 0 Å². The van der Waals surface area contributed by atoms with Gasteiger partial charge in [0, 0.05) is 23.5 Å². The Bertz CT molecular complexity index is 566. The molecule has 2 aromatic rings. The van der Waals surface area contributed by atoms with E-state index in [1.807, 2.05) is 24.3 Å². The summed E-state index contributed by atoms with van der Waals surface area (Å²) in [4.78, 5) is 3.93. The molecular weight excluding hydrogens is 300 g/mol. The highest BCUT2D eigenvalue weighted by atomic mass is 32.1. The molecule has 112 valence electrons. The molecule has 0 radical (unpaired) electrons. The van der Waals surface area contributed by atoms with Gasteiger partial charge in [0.25, 0.3) is 0 Å². The summed E-state index contributed by atoms with van der Waals surface area (Å²) in [5.74, 6) is 0. The third kappa shape index (κ3) is 4.61. The number of hydrogen-bond acceptors (Lipinski definition) is 4. The fourth-order valence-corrected chi connectivity index (χ4v) is 3.03. The predicted molar refractivity (Wildman–Crippen MR) is 92.6 cm³/mol. The lowest BCUT2D eigenvalue weighted by Crippen LogP contribution is -2.27. The average molecular weight is 320 g/mol. The van der Waals surface area contributed by atoms with Crippen LogP contribution in [0.25, 0.3) is 0 Å². The maximum absolute atomic E-state index is 10.4. The lowest BCUT2D eigenvalue weighted by molar-refractivity contribution is 0.113. The van der Waals surface area contributed by atoms with Gasteiger partial charge in [0.15, 0.2) is 0 Å². The number of nitrogens with zero attached hydrogens (tertiary/aromatic N) is 1. The molecule has 1 aromatic heterocycles. The van der Waals surface area contributed by atoms with Crippen molar-refractivity contribution < 1.29 is 5.11 Å². The molecule has 0 amide bonds. The first-order valence-corrected chi connectivity index (χ1v) is 8.21. The lowest BCUT2D eigenvalue weighted by Gasteiger charge is -2.23. The van der Waals surface area contributed by atoms with E-state index in [1.165, 1.54) is 4.88 Å². The molecule has 5 heteroatoms. The third-order valence-corrected chi connectivity index (χ3v) is 4.51. The zero-order valence-electron chi connectivity index (χ0n) is 12.0. The molecule has 0 spiro atoms. The Balaban J connectivity index is 1.98. The van der Waals surface area contributed by atoms with E-state index in [9.17, 15) is 5.11 Å². The van der Waals surface area contributed by atoms with Crippen LogP contribution in [0.3, 0.4) is 0 Å². The van der Waals surface area contributed by atoms with Crippen molar-refractivity contribution in [3.05, 3.63) is 57.8 Å². The van der Waals surface area contributed by atoms with Crippen LogP contribution in [0, 0.1) is 0 Å². The molecule has 2 rings (SSSR count). The van der Waals surface area contributed by atoms with Gasteiger partial charge in [-0.1, -0.05) is 49.5 Å². The second-order valence-electron chi connectivity index (χ2n) is 4.91. The number of thiophene rings is 1. The molecule has 0 bridgehead atoms. The minimum Gasteiger partial charge on any atom is -0.389 e. The minimum atomic E-state index is -0.509. The Morgan fingerprint density at radius 2 is 2.05 bits per heavy atom. The number of hydrogen-bond donors (Lipinski definition) is 2. The van der Waals surface area contributed by atoms with Gasteiger partial charge in [-0.15, -0.1) is 11.3 Å². The van der Waals surface area contributed by atoms with Crippen molar-refractivity contribution in [1.82, 2.24) is 4.90 Å². The van der Waals surface area contributed by atoms with Crippen LogP contribution < -0.4 is 5.73 Å². The van der Waals surface area contributed by atoms with Crippen LogP contribution in [0.5, 0.6) is 0 Å². The van der Waals surface area contributed by atoms with E-state index >= 15 is 0 Å². The maximum atomic E-state index is 10.4. The molecule has 0 fully saturated rings. The van der Waals surface area contributed by atoms with E-state index in [0.717, 1.165) is 24.2 Å². The van der Waals surface area contributed by atoms with E-state index < -0.39 is 6.10 Å². The van der Waals surface area contributed by atoms with Crippen molar-refractivity contribution in [3.8, 4) is 0 Å². The molecule has 0 saturated heterocycles. The van der Waals surface area contributed by atoms with Crippen LogP contribution in [-0.4, -0.2) is 28.1 Å². The van der Waals surface area contributed by atoms with Crippen molar-refractivity contribution in [3.63, 3.8) is 0 Å². The number of nitrogens with two attached hydrogens (primary N) is 1. The van der Waals surface area contributed by atoms with Crippen LogP contribution in [0.1, 0.15) is 29.0 Å². The van der Waals surface area contributed by atoms with Gasteiger partial charge in [0.2, 0.25) is 0 Å². The van der Waals surface area contributed by atoms with E-state index in [-0.39, 0.29) is 0 Å². The van der Waals surface area contributed by atoms with Gasteiger partial charge in [-0.25, -0.2) is 0 Å². The Hall–Kier alpha value is -1.27. The van der Waals surface area contributed by atoms with E-state index in [2.05, 4.69) is 29.3 Å². The fraction of sp³-hybridized carbons (Fsp3) is 0.312. The molecule has 1 atom stereocenters. The fourth-order valence-electron chi connectivity index (χ4n) is 2.15. The molecular formula is C16H20N2OS2. The smallest absolute Gasteiger partial charge is 0.103 e. The molecule has 0 aliphatic carbocycles. The molecule has 0 aliphatic heterocycles. The summed E-state index contributed by atoms with van der Waals surface area (Å²) in [7, 11) is 0. The van der Waals surface area contributed by atoms with Crippen molar-refractivity contribution in [2.75, 3.05) is 13.1 Å². The highest BCUT2D eigenvalue weighted by Crippen LogP contribution is 2.18. The first-order chi connectivity index (χ1) is 10.1. The summed E-state index contributed by atoms with van der Waals surface area (Å²) in [5, 5.41) is 12.5. The van der Waals surface area contributed by atoms with E-state index in [1.54, 1.807) is 11.3 Å². The van der Waals surface area contributed by atoms with Crippen molar-refractivity contribution in [2.24, 2.45) is 5.73 Å². The zero-order valence-corrected chi connectivity index (χ0v) is 13.7. The van der Waals surface area contributed by atoms with Crippen LogP contribution in [0.15, 0.2) is 41.8 Å². The normalized spacial score (nSPS) is 12.5. The van der Waals surface area contributed by atoms with Gasteiger partial charge in [-0.05, 0) is 23.6 Å². The van der Waals surface area contributed by atoms with Gasteiger partial charge in [-0.3, -0.25) is 4.90 Å². The molecule has 1 aromatic carbocycles. The van der Waals surface area contributed by atoms with E-state index in [0.29, 0.717) is 11.5 Å².